The van der Waals surface area contributed by atoms with E-state index >= 15 is 0 Å². The van der Waals surface area contributed by atoms with Crippen molar-refractivity contribution in [3.8, 4) is 0 Å². The molecule has 0 bridgehead atoms. The standard InChI is InChI=1S/C35H55NO6S.C29H46N2O3.C14H22/c1-8-25-29-19-23(37)15-17-35(29,7)28-16-18-34(6)26(13-14-27(34)30(28)31(25)38)21(2)20-42-32(39)36-43(40,41)24-11-9-22(10-12-24)33(3,4)5;1-6-20-24-15-18(2)9-11-29(24,5)23-10-12-28(4)21(7-8-22(28)25(23)26(20)32)19(3)16-34-27(33)31-14-13-30-17-31;1-13(2,3)11-7-9-12(10-8-11)14(4,5)6/h9-12,21,23,25-31,37-38H,8,13-20H2,1-7H3,(H,36,39);13-14,17-26,32H,6-12,15-16H2,1-5H3;7-10H,1-6H3/t21-,23-,25-,26-,27+,28+,29+,30+,31-,34-,35-;18-,19-,20-,21-,22+,23+,24+,25+,26-,28-,29-;/m11./s1. The minimum Gasteiger partial charge on any atom is -0.449 e. The van der Waals surface area contributed by atoms with Gasteiger partial charge in [-0.05, 0) is 239 Å². The molecule has 0 unspecified atom stereocenters. The molecule has 0 radical (unpaired) electrons. The third-order valence-electron chi connectivity index (χ3n) is 27.1. The van der Waals surface area contributed by atoms with Crippen molar-refractivity contribution in [3.63, 3.8) is 0 Å². The number of fused-ring (bicyclic) bond motifs is 10. The lowest BCUT2D eigenvalue weighted by molar-refractivity contribution is -0.203. The van der Waals surface area contributed by atoms with Crippen LogP contribution in [0.3, 0.4) is 0 Å². The molecule has 91 heavy (non-hydrogen) atoms. The average molecular weight is 1280 g/mol. The number of nitrogens with one attached hydrogen (secondary N) is 1. The molecule has 510 valence electrons. The van der Waals surface area contributed by atoms with Crippen LogP contribution in [0.2, 0.25) is 0 Å². The van der Waals surface area contributed by atoms with Gasteiger partial charge in [0.2, 0.25) is 0 Å². The van der Waals surface area contributed by atoms with Crippen molar-refractivity contribution in [2.24, 2.45) is 110 Å². The second-order valence-electron chi connectivity index (χ2n) is 35.3. The highest BCUT2D eigenvalue weighted by Crippen LogP contribution is 2.71. The van der Waals surface area contributed by atoms with Crippen LogP contribution in [0.1, 0.15) is 244 Å². The second-order valence-corrected chi connectivity index (χ2v) is 36.9. The van der Waals surface area contributed by atoms with Gasteiger partial charge < -0.3 is 24.8 Å². The Kier molecular flexibility index (Phi) is 21.2. The molecule has 11 rings (SSSR count). The van der Waals surface area contributed by atoms with E-state index in [4.69, 9.17) is 9.47 Å². The van der Waals surface area contributed by atoms with Crippen molar-refractivity contribution in [3.05, 3.63) is 83.9 Å². The Morgan fingerprint density at radius 2 is 0.989 bits per heavy atom. The van der Waals surface area contributed by atoms with Gasteiger partial charge in [-0.3, -0.25) is 0 Å². The van der Waals surface area contributed by atoms with E-state index in [2.05, 4.69) is 159 Å². The van der Waals surface area contributed by atoms with Crippen molar-refractivity contribution in [1.29, 1.82) is 0 Å². The largest absolute Gasteiger partial charge is 0.449 e. The minimum atomic E-state index is -4.03. The van der Waals surface area contributed by atoms with Crippen molar-refractivity contribution in [2.45, 2.75) is 267 Å². The van der Waals surface area contributed by atoms with Crippen LogP contribution in [0.15, 0.2) is 72.1 Å². The summed E-state index contributed by atoms with van der Waals surface area (Å²) in [6, 6.07) is 15.6. The van der Waals surface area contributed by atoms with E-state index in [0.29, 0.717) is 77.1 Å². The van der Waals surface area contributed by atoms with Crippen molar-refractivity contribution >= 4 is 22.2 Å². The van der Waals surface area contributed by atoms with Crippen LogP contribution in [0.25, 0.3) is 0 Å². The van der Waals surface area contributed by atoms with Crippen LogP contribution in [-0.4, -0.2) is 77.0 Å². The lowest BCUT2D eigenvalue weighted by atomic mass is 9.41. The van der Waals surface area contributed by atoms with E-state index in [1.807, 2.05) is 0 Å². The van der Waals surface area contributed by atoms with Gasteiger partial charge in [-0.1, -0.05) is 180 Å². The van der Waals surface area contributed by atoms with Gasteiger partial charge in [-0.25, -0.2) is 32.3 Å². The molecule has 8 saturated carbocycles. The molecule has 2 aromatic carbocycles. The summed E-state index contributed by atoms with van der Waals surface area (Å²) >= 11 is 0. The van der Waals surface area contributed by atoms with Crippen LogP contribution in [0.5, 0.6) is 0 Å². The van der Waals surface area contributed by atoms with Crippen LogP contribution >= 0.6 is 0 Å². The molecule has 8 aliphatic carbocycles. The summed E-state index contributed by atoms with van der Waals surface area (Å²) in [4.78, 5) is 29.0. The number of hydrogen-bond donors (Lipinski definition) is 4. The Morgan fingerprint density at radius 1 is 0.582 bits per heavy atom. The van der Waals surface area contributed by atoms with Crippen molar-refractivity contribution in [2.75, 3.05) is 13.2 Å². The van der Waals surface area contributed by atoms with E-state index in [9.17, 15) is 33.3 Å². The first-order valence-corrected chi connectivity index (χ1v) is 37.5. The third kappa shape index (κ3) is 14.1. The maximum atomic E-state index is 12.9. The van der Waals surface area contributed by atoms with Gasteiger partial charge in [0.15, 0.2) is 0 Å². The zero-order chi connectivity index (χ0) is 66.8. The van der Waals surface area contributed by atoms with Gasteiger partial charge in [0.25, 0.3) is 10.0 Å². The maximum absolute atomic E-state index is 12.9. The molecule has 13 heteroatoms. The Bertz CT molecular complexity index is 3000. The predicted octanol–water partition coefficient (Wildman–Crippen LogP) is 17.3. The number of aromatic nitrogens is 2. The fourth-order valence-corrected chi connectivity index (χ4v) is 22.9. The maximum Gasteiger partial charge on any atom is 0.421 e. The van der Waals surface area contributed by atoms with Crippen molar-refractivity contribution in [1.82, 2.24) is 14.3 Å². The number of nitrogens with zero attached hydrogens (tertiary/aromatic N) is 2. The Balaban J connectivity index is 0.000000181. The molecule has 8 fully saturated rings. The number of imidazole rings is 1. The summed E-state index contributed by atoms with van der Waals surface area (Å²) in [7, 11) is -4.03. The Labute approximate surface area is 550 Å². The number of aliphatic hydroxyl groups is 3. The quantitative estimate of drug-likeness (QED) is 0.153. The Hall–Kier alpha value is -3.78. The Morgan fingerprint density at radius 3 is 1.42 bits per heavy atom. The first-order valence-electron chi connectivity index (χ1n) is 36.0. The number of carbonyl (C=O) groups is 2. The topological polar surface area (TPSA) is 177 Å². The zero-order valence-corrected chi connectivity index (χ0v) is 60.4. The van der Waals surface area contributed by atoms with Crippen LogP contribution in [0, 0.1) is 110 Å². The number of aliphatic hydroxyl groups excluding tert-OH is 3. The summed E-state index contributed by atoms with van der Waals surface area (Å²) < 4.78 is 40.4. The monoisotopic (exact) mass is 1280 g/mol. The van der Waals surface area contributed by atoms with E-state index in [1.165, 1.54) is 79.1 Å². The highest BCUT2D eigenvalue weighted by molar-refractivity contribution is 7.90. The average Bonchev–Trinajstić information content (AvgIpc) is 1.57. The summed E-state index contributed by atoms with van der Waals surface area (Å²) in [6.07, 6.45) is 20.6. The van der Waals surface area contributed by atoms with E-state index < -0.39 is 16.1 Å². The van der Waals surface area contributed by atoms with E-state index in [0.717, 1.165) is 69.3 Å². The molecular weight excluding hydrogens is 1150 g/mol. The molecule has 22 atom stereocenters. The molecule has 1 heterocycles. The first-order chi connectivity index (χ1) is 42.4. The van der Waals surface area contributed by atoms with Gasteiger partial charge in [-0.2, -0.15) is 0 Å². The van der Waals surface area contributed by atoms with E-state index in [1.54, 1.807) is 24.5 Å². The smallest absolute Gasteiger partial charge is 0.421 e. The number of rotatable bonds is 10. The SMILES string of the molecule is CC(C)(C)c1ccc(C(C)(C)C)cc1.CC[C@H]1[C@@H](O)[C@@H]2[C@H](CC[C@]3(C)[C@@H]([C@H](C)COC(=O)NS(=O)(=O)c4ccc(C(C)(C)C)cc4)CC[C@@H]23)[C@@]2(C)CC[C@@H](O)C[C@@H]12.CC[C@H]1[C@@H](O)[C@@H]2[C@H](CC[C@]3(C)[C@@H]([C@H](C)COC(=O)n4ccnc4)CC[C@@H]23)[C@@]2(C)CC[C@@H](C)C[C@@H]12. The number of benzene rings is 2. The molecular formula is C78H123N3O9S. The number of sulfonamides is 1. The molecule has 0 spiro atoms. The predicted molar refractivity (Wildman–Crippen MR) is 365 cm³/mol. The van der Waals surface area contributed by atoms with Crippen molar-refractivity contribution < 1.29 is 42.8 Å². The molecule has 0 aliphatic heterocycles. The minimum absolute atomic E-state index is 0.0354. The zero-order valence-electron chi connectivity index (χ0n) is 59.6. The molecule has 8 aliphatic rings. The number of hydrogen-bond acceptors (Lipinski definition) is 10. The fraction of sp³-hybridized carbons (Fsp3) is 0.782. The van der Waals surface area contributed by atoms with Crippen LogP contribution in [0.4, 0.5) is 9.59 Å². The molecule has 1 amide bonds. The van der Waals surface area contributed by atoms with Gasteiger partial charge in [0.1, 0.15) is 6.33 Å². The van der Waals surface area contributed by atoms with Crippen LogP contribution < -0.4 is 4.72 Å². The summed E-state index contributed by atoms with van der Waals surface area (Å²) in [5, 5.41) is 34.3. The third-order valence-corrected chi connectivity index (χ3v) is 28.4. The first kappa shape index (κ1) is 71.5. The summed E-state index contributed by atoms with van der Waals surface area (Å²) in [5.41, 5.74) is 5.06. The highest BCUT2D eigenvalue weighted by atomic mass is 32.2. The highest BCUT2D eigenvalue weighted by Gasteiger charge is 2.67. The van der Waals surface area contributed by atoms with E-state index in [-0.39, 0.29) is 86.2 Å². The van der Waals surface area contributed by atoms with Gasteiger partial charge in [-0.15, -0.1) is 0 Å². The van der Waals surface area contributed by atoms with Gasteiger partial charge >= 0.3 is 12.2 Å². The molecule has 1 aromatic heterocycles. The van der Waals surface area contributed by atoms with Crippen LogP contribution in [-0.2, 0) is 35.7 Å². The normalized spacial score (nSPS) is 38.4. The summed E-state index contributed by atoms with van der Waals surface area (Å²) in [6.45, 7) is 41.5. The number of carbonyl (C=O) groups excluding carboxylic acids is 2. The van der Waals surface area contributed by atoms with Gasteiger partial charge in [0, 0.05) is 12.4 Å². The number of ether oxygens (including phenoxy) is 2. The lowest BCUT2D eigenvalue weighted by Crippen LogP contribution is -2.62. The second kappa shape index (κ2) is 27.0. The lowest BCUT2D eigenvalue weighted by Gasteiger charge is -2.65. The summed E-state index contributed by atoms with van der Waals surface area (Å²) in [5.74, 6) is 6.61. The fourth-order valence-electron chi connectivity index (χ4n) is 22.0. The molecule has 12 nitrogen and oxygen atoms in total. The number of amides is 1. The molecule has 4 N–H and O–H groups in total. The molecule has 3 aromatic rings. The van der Waals surface area contributed by atoms with Gasteiger partial charge in [0.05, 0.1) is 36.4 Å². The molecule has 0 saturated heterocycles.